The van der Waals surface area contributed by atoms with Gasteiger partial charge in [-0.25, -0.2) is 8.42 Å². The number of methoxy groups -OCH3 is 1. The molecule has 0 aliphatic carbocycles. The van der Waals surface area contributed by atoms with Crippen molar-refractivity contribution in [2.45, 2.75) is 19.5 Å². The van der Waals surface area contributed by atoms with Crippen LogP contribution in [-0.4, -0.2) is 58.1 Å². The molecule has 2 amide bonds. The summed E-state index contributed by atoms with van der Waals surface area (Å²) in [7, 11) is -0.747. The van der Waals surface area contributed by atoms with Gasteiger partial charge >= 0.3 is 0 Å². The molecule has 8 nitrogen and oxygen atoms in total. The fourth-order valence-electron chi connectivity index (χ4n) is 3.01. The monoisotopic (exact) mass is 511 g/mol. The number of nitrogens with one attached hydrogen (secondary N) is 1. The maximum Gasteiger partial charge on any atom is 0.244 e. The SMILES string of the molecule is CNC(=O)[C@@H](C)N(Cc1cccc(OC)c1)C(=O)CN(c1ccccc1Br)S(C)(=O)=O. The van der Waals surface area contributed by atoms with Crippen LogP contribution in [0.2, 0.25) is 0 Å². The number of likely N-dealkylation sites (N-methyl/N-ethyl adjacent to an activating group) is 1. The van der Waals surface area contributed by atoms with Gasteiger partial charge in [-0.1, -0.05) is 24.3 Å². The minimum atomic E-state index is -3.77. The Hall–Kier alpha value is -2.59. The summed E-state index contributed by atoms with van der Waals surface area (Å²) in [5, 5.41) is 2.54. The normalized spacial score (nSPS) is 12.0. The molecule has 2 aromatic carbocycles. The Kier molecular flexibility index (Phi) is 8.46. The van der Waals surface area contributed by atoms with Crippen LogP contribution in [0.3, 0.4) is 0 Å². The third-order valence-electron chi connectivity index (χ3n) is 4.70. The van der Waals surface area contributed by atoms with Crippen molar-refractivity contribution in [3.05, 3.63) is 58.6 Å². The zero-order chi connectivity index (χ0) is 23.2. The summed E-state index contributed by atoms with van der Waals surface area (Å²) in [4.78, 5) is 27.0. The van der Waals surface area contributed by atoms with Crippen LogP contribution in [0.5, 0.6) is 5.75 Å². The molecule has 0 bridgehead atoms. The number of nitrogens with zero attached hydrogens (tertiary/aromatic N) is 2. The summed E-state index contributed by atoms with van der Waals surface area (Å²) >= 11 is 3.34. The van der Waals surface area contributed by atoms with Crippen LogP contribution in [-0.2, 0) is 26.2 Å². The van der Waals surface area contributed by atoms with E-state index in [1.807, 2.05) is 6.07 Å². The lowest BCUT2D eigenvalue weighted by Crippen LogP contribution is -2.50. The highest BCUT2D eigenvalue weighted by atomic mass is 79.9. The van der Waals surface area contributed by atoms with Crippen LogP contribution in [0.4, 0.5) is 5.69 Å². The predicted octanol–water partition coefficient (Wildman–Crippen LogP) is 2.39. The van der Waals surface area contributed by atoms with Gasteiger partial charge in [0.25, 0.3) is 0 Å². The molecule has 0 aliphatic heterocycles. The smallest absolute Gasteiger partial charge is 0.244 e. The molecule has 2 rings (SSSR count). The van der Waals surface area contributed by atoms with Crippen LogP contribution in [0.25, 0.3) is 0 Å². The first-order chi connectivity index (χ1) is 14.6. The number of carbonyl (C=O) groups excluding carboxylic acids is 2. The molecular weight excluding hydrogens is 486 g/mol. The fourth-order valence-corrected chi connectivity index (χ4v) is 4.49. The van der Waals surface area contributed by atoms with E-state index in [0.29, 0.717) is 15.9 Å². The van der Waals surface area contributed by atoms with Crippen molar-refractivity contribution >= 4 is 43.5 Å². The number of hydrogen-bond acceptors (Lipinski definition) is 5. The van der Waals surface area contributed by atoms with Gasteiger partial charge in [0.15, 0.2) is 0 Å². The van der Waals surface area contributed by atoms with Gasteiger partial charge in [-0.05, 0) is 52.7 Å². The molecule has 0 saturated heterocycles. The Morgan fingerprint density at radius 2 is 1.84 bits per heavy atom. The van der Waals surface area contributed by atoms with Crippen molar-refractivity contribution in [2.24, 2.45) is 0 Å². The highest BCUT2D eigenvalue weighted by molar-refractivity contribution is 9.10. The van der Waals surface area contributed by atoms with Crippen LogP contribution < -0.4 is 14.4 Å². The van der Waals surface area contributed by atoms with Crippen molar-refractivity contribution in [2.75, 3.05) is 31.3 Å². The second-order valence-electron chi connectivity index (χ2n) is 6.88. The first kappa shape index (κ1) is 24.7. The van der Waals surface area contributed by atoms with Gasteiger partial charge in [0.1, 0.15) is 18.3 Å². The van der Waals surface area contributed by atoms with Crippen LogP contribution in [0.15, 0.2) is 53.0 Å². The molecule has 1 atom stereocenters. The van der Waals surface area contributed by atoms with Crippen molar-refractivity contribution in [3.63, 3.8) is 0 Å². The number of amides is 2. The molecule has 0 saturated carbocycles. The molecule has 1 N–H and O–H groups in total. The average Bonchev–Trinajstić information content (AvgIpc) is 2.74. The number of halogens is 1. The summed E-state index contributed by atoms with van der Waals surface area (Å²) in [5.74, 6) is -0.258. The first-order valence-electron chi connectivity index (χ1n) is 9.44. The van der Waals surface area contributed by atoms with Gasteiger partial charge in [-0.3, -0.25) is 13.9 Å². The van der Waals surface area contributed by atoms with Crippen molar-refractivity contribution in [1.29, 1.82) is 0 Å². The van der Waals surface area contributed by atoms with E-state index in [-0.39, 0.29) is 12.5 Å². The van der Waals surface area contributed by atoms with Crippen molar-refractivity contribution < 1.29 is 22.7 Å². The van der Waals surface area contributed by atoms with E-state index < -0.39 is 28.5 Å². The van der Waals surface area contributed by atoms with E-state index in [1.54, 1.807) is 49.4 Å². The molecule has 0 aliphatic rings. The van der Waals surface area contributed by atoms with Crippen LogP contribution in [0, 0.1) is 0 Å². The van der Waals surface area contributed by atoms with E-state index in [0.717, 1.165) is 16.1 Å². The molecule has 0 fully saturated rings. The molecule has 31 heavy (non-hydrogen) atoms. The van der Waals surface area contributed by atoms with E-state index in [2.05, 4.69) is 21.2 Å². The van der Waals surface area contributed by atoms with Gasteiger partial charge < -0.3 is 15.0 Å². The minimum absolute atomic E-state index is 0.109. The van der Waals surface area contributed by atoms with Gasteiger partial charge in [0, 0.05) is 18.1 Å². The van der Waals surface area contributed by atoms with Gasteiger partial charge in [0.2, 0.25) is 21.8 Å². The summed E-state index contributed by atoms with van der Waals surface area (Å²) < 4.78 is 31.8. The number of anilines is 1. The molecule has 2 aromatic rings. The number of benzene rings is 2. The maximum absolute atomic E-state index is 13.3. The van der Waals surface area contributed by atoms with E-state index in [4.69, 9.17) is 4.74 Å². The number of para-hydroxylation sites is 1. The zero-order valence-electron chi connectivity index (χ0n) is 17.8. The molecule has 0 heterocycles. The lowest BCUT2D eigenvalue weighted by molar-refractivity contribution is -0.139. The van der Waals surface area contributed by atoms with Crippen molar-refractivity contribution in [1.82, 2.24) is 10.2 Å². The Morgan fingerprint density at radius 3 is 2.42 bits per heavy atom. The summed E-state index contributed by atoms with van der Waals surface area (Å²) in [6.45, 7) is 1.26. The third-order valence-corrected chi connectivity index (χ3v) is 6.50. The standard InChI is InChI=1S/C21H26BrN3O5S/c1-15(21(27)23-2)24(13-16-8-7-9-17(12-16)30-3)20(26)14-25(31(4,28)29)19-11-6-5-10-18(19)22/h5-12,15H,13-14H2,1-4H3,(H,23,27)/t15-/m1/s1. The topological polar surface area (TPSA) is 96.0 Å². The molecule has 0 aromatic heterocycles. The number of sulfonamides is 1. The molecule has 10 heteroatoms. The number of carbonyl (C=O) groups is 2. The number of rotatable bonds is 9. The fraction of sp³-hybridized carbons (Fsp3) is 0.333. The highest BCUT2D eigenvalue weighted by Gasteiger charge is 2.30. The molecule has 0 radical (unpaired) electrons. The summed E-state index contributed by atoms with van der Waals surface area (Å²) in [5.41, 5.74) is 1.09. The lowest BCUT2D eigenvalue weighted by atomic mass is 10.1. The Labute approximate surface area is 191 Å². The Balaban J connectivity index is 2.40. The Bertz CT molecular complexity index is 1040. The predicted molar refractivity (Wildman–Crippen MR) is 123 cm³/mol. The molecule has 0 unspecified atom stereocenters. The average molecular weight is 512 g/mol. The largest absolute Gasteiger partial charge is 0.497 e. The van der Waals surface area contributed by atoms with E-state index in [9.17, 15) is 18.0 Å². The van der Waals surface area contributed by atoms with Crippen LogP contribution in [0.1, 0.15) is 12.5 Å². The van der Waals surface area contributed by atoms with Gasteiger partial charge in [-0.15, -0.1) is 0 Å². The highest BCUT2D eigenvalue weighted by Crippen LogP contribution is 2.28. The zero-order valence-corrected chi connectivity index (χ0v) is 20.2. The number of hydrogen-bond donors (Lipinski definition) is 1. The first-order valence-corrected chi connectivity index (χ1v) is 12.1. The lowest BCUT2D eigenvalue weighted by Gasteiger charge is -2.31. The summed E-state index contributed by atoms with van der Waals surface area (Å²) in [6, 6.07) is 13.0. The second kappa shape index (κ2) is 10.6. The number of ether oxygens (including phenoxy) is 1. The van der Waals surface area contributed by atoms with E-state index in [1.165, 1.54) is 19.1 Å². The third kappa shape index (κ3) is 6.44. The molecule has 0 spiro atoms. The Morgan fingerprint density at radius 1 is 1.16 bits per heavy atom. The van der Waals surface area contributed by atoms with Crippen molar-refractivity contribution in [3.8, 4) is 5.75 Å². The second-order valence-corrected chi connectivity index (χ2v) is 9.65. The molecule has 168 valence electrons. The van der Waals surface area contributed by atoms with Crippen LogP contribution >= 0.6 is 15.9 Å². The quantitative estimate of drug-likeness (QED) is 0.557. The van der Waals surface area contributed by atoms with Gasteiger partial charge in [0.05, 0.1) is 19.1 Å². The van der Waals surface area contributed by atoms with E-state index >= 15 is 0 Å². The summed E-state index contributed by atoms with van der Waals surface area (Å²) in [6.07, 6.45) is 1.04. The molecular formula is C21H26BrN3O5S. The minimum Gasteiger partial charge on any atom is -0.497 e. The van der Waals surface area contributed by atoms with Gasteiger partial charge in [-0.2, -0.15) is 0 Å². The maximum atomic E-state index is 13.3.